The maximum absolute atomic E-state index is 12.2. The van der Waals surface area contributed by atoms with Crippen LogP contribution in [0.5, 0.6) is 0 Å². The fraction of sp³-hybridized carbons (Fsp3) is 0.606. The predicted octanol–water partition coefficient (Wildman–Crippen LogP) is 3.52. The molecule has 0 aliphatic carbocycles. The number of anilines is 1. The van der Waals surface area contributed by atoms with Gasteiger partial charge in [0.1, 0.15) is 5.40 Å². The number of unbranched alkanes of at least 4 members (excludes halogenated alkanes) is 6. The van der Waals surface area contributed by atoms with Gasteiger partial charge in [-0.2, -0.15) is 5.26 Å². The number of benzene rings is 1. The van der Waals surface area contributed by atoms with E-state index in [9.17, 15) is 39.6 Å². The van der Waals surface area contributed by atoms with Crippen molar-refractivity contribution in [3.05, 3.63) is 24.3 Å². The van der Waals surface area contributed by atoms with Crippen LogP contribution in [0, 0.1) is 10.7 Å². The summed E-state index contributed by atoms with van der Waals surface area (Å²) in [5.41, 5.74) is 0.806. The monoisotopic (exact) mass is 752 g/mol. The molecule has 0 heterocycles. The fourth-order valence-electron chi connectivity index (χ4n) is 4.46. The van der Waals surface area contributed by atoms with E-state index in [1.165, 1.54) is 6.92 Å². The zero-order chi connectivity index (χ0) is 37.9. The van der Waals surface area contributed by atoms with Crippen molar-refractivity contribution in [2.24, 2.45) is 0 Å². The van der Waals surface area contributed by atoms with Gasteiger partial charge in [-0.05, 0) is 106 Å². The van der Waals surface area contributed by atoms with Crippen molar-refractivity contribution < 1.29 is 39.6 Å². The lowest BCUT2D eigenvalue weighted by Gasteiger charge is -2.15. The van der Waals surface area contributed by atoms with Gasteiger partial charge >= 0.3 is 0 Å². The van der Waals surface area contributed by atoms with Gasteiger partial charge in [0.15, 0.2) is 5.11 Å². The van der Waals surface area contributed by atoms with Crippen molar-refractivity contribution in [1.29, 1.82) is 5.26 Å². The molecule has 284 valence electrons. The van der Waals surface area contributed by atoms with E-state index >= 15 is 0 Å². The van der Waals surface area contributed by atoms with Gasteiger partial charge in [-0.25, -0.2) is 15.2 Å². The minimum Gasteiger partial charge on any atom is -0.362 e. The number of nitrogens with one attached hydrogen (secondary N) is 4. The Hall–Kier alpha value is -4.02. The van der Waals surface area contributed by atoms with Gasteiger partial charge < -0.3 is 21.3 Å². The van der Waals surface area contributed by atoms with Crippen LogP contribution in [-0.4, -0.2) is 105 Å². The van der Waals surface area contributed by atoms with Crippen molar-refractivity contribution in [2.45, 2.75) is 95.3 Å². The summed E-state index contributed by atoms with van der Waals surface area (Å²) in [7, 11) is 0. The van der Waals surface area contributed by atoms with E-state index in [0.717, 1.165) is 35.2 Å². The Morgan fingerprint density at radius 2 is 1.10 bits per heavy atom. The zero-order valence-electron chi connectivity index (χ0n) is 29.2. The number of carbonyl (C=O) groups is 5. The lowest BCUT2D eigenvalue weighted by molar-refractivity contribution is -0.166. The van der Waals surface area contributed by atoms with Crippen LogP contribution in [0.3, 0.4) is 0 Å². The highest BCUT2D eigenvalue weighted by molar-refractivity contribution is 8.03. The van der Waals surface area contributed by atoms with E-state index in [1.54, 1.807) is 0 Å². The van der Waals surface area contributed by atoms with Crippen molar-refractivity contribution in [3.63, 3.8) is 0 Å². The number of amides is 5. The summed E-state index contributed by atoms with van der Waals surface area (Å²) in [4.78, 5) is 60.0. The number of hydrogen-bond acceptors (Lipinski definition) is 11. The van der Waals surface area contributed by atoms with Crippen molar-refractivity contribution >= 4 is 64.3 Å². The molecular formula is C33H52N8O8S2. The molecule has 0 saturated heterocycles. The van der Waals surface area contributed by atoms with Gasteiger partial charge in [0.2, 0.25) is 29.5 Å². The second-order valence-electron chi connectivity index (χ2n) is 11.7. The summed E-state index contributed by atoms with van der Waals surface area (Å²) in [6, 6.07) is 7.32. The standard InChI is InChI=1S/C33H52N8O8S2/c1-26(42)39(47)22-8-2-5-19-35-29(43)15-17-31(45)40(48)23-9-3-6-20-36-30(44)16-18-32(46)41(49)24-10-4-7-21-37-33(50)38-27-11-13-28(14-12-27)51-25-34/h11-14,47-49H,2-10,15-24H2,1H3,(H,35,43)(H,36,44)(H2,37,38,50). The molecule has 0 bridgehead atoms. The summed E-state index contributed by atoms with van der Waals surface area (Å²) in [6.45, 7) is 3.14. The third kappa shape index (κ3) is 23.2. The first-order valence-corrected chi connectivity index (χ1v) is 18.3. The smallest absolute Gasteiger partial charge is 0.246 e. The topological polar surface area (TPSA) is 228 Å². The maximum Gasteiger partial charge on any atom is 0.246 e. The van der Waals surface area contributed by atoms with Crippen molar-refractivity contribution in [1.82, 2.24) is 31.1 Å². The lowest BCUT2D eigenvalue weighted by Crippen LogP contribution is -2.31. The van der Waals surface area contributed by atoms with Crippen LogP contribution in [0.2, 0.25) is 0 Å². The molecule has 0 aliphatic rings. The van der Waals surface area contributed by atoms with Crippen LogP contribution < -0.4 is 21.3 Å². The fourth-order valence-corrected chi connectivity index (χ4v) is 5.06. The van der Waals surface area contributed by atoms with Crippen LogP contribution in [-0.2, 0) is 24.0 Å². The number of thiocyanates is 1. The number of nitrogens with zero attached hydrogens (tertiary/aromatic N) is 4. The molecular weight excluding hydrogens is 701 g/mol. The molecule has 18 heteroatoms. The van der Waals surface area contributed by atoms with E-state index in [0.29, 0.717) is 84.9 Å². The number of nitriles is 1. The first-order chi connectivity index (χ1) is 24.4. The Labute approximate surface area is 309 Å². The van der Waals surface area contributed by atoms with Gasteiger partial charge in [0.25, 0.3) is 0 Å². The number of hydrogen-bond donors (Lipinski definition) is 7. The molecule has 0 spiro atoms. The van der Waals surface area contributed by atoms with E-state index in [2.05, 4.69) is 21.3 Å². The SMILES string of the molecule is CC(=O)N(O)CCCCCNC(=O)CCC(=O)N(O)CCCCCNC(=O)CCC(=O)N(O)CCCCCNC(=S)Nc1ccc(SC#N)cc1. The Morgan fingerprint density at radius 1 is 0.667 bits per heavy atom. The van der Waals surface area contributed by atoms with Gasteiger partial charge in [0, 0.05) is 82.5 Å². The molecule has 51 heavy (non-hydrogen) atoms. The third-order valence-electron chi connectivity index (χ3n) is 7.42. The molecule has 5 amide bonds. The summed E-state index contributed by atoms with van der Waals surface area (Å²) in [5.74, 6) is -2.13. The van der Waals surface area contributed by atoms with Gasteiger partial charge in [-0.1, -0.05) is 0 Å². The largest absolute Gasteiger partial charge is 0.362 e. The van der Waals surface area contributed by atoms with Crippen LogP contribution >= 0.6 is 24.0 Å². The van der Waals surface area contributed by atoms with Crippen LogP contribution in [0.1, 0.15) is 90.4 Å². The average Bonchev–Trinajstić information content (AvgIpc) is 3.10. The third-order valence-corrected chi connectivity index (χ3v) is 8.26. The number of carbonyl (C=O) groups excluding carboxylic acids is 5. The van der Waals surface area contributed by atoms with E-state index < -0.39 is 17.7 Å². The second-order valence-corrected chi connectivity index (χ2v) is 12.9. The molecule has 1 aromatic rings. The average molecular weight is 753 g/mol. The molecule has 0 saturated carbocycles. The zero-order valence-corrected chi connectivity index (χ0v) is 30.9. The molecule has 1 rings (SSSR count). The quantitative estimate of drug-likeness (QED) is 0.0180. The molecule has 0 aliphatic heterocycles. The molecule has 0 atom stereocenters. The van der Waals surface area contributed by atoms with E-state index in [1.807, 2.05) is 29.7 Å². The summed E-state index contributed by atoms with van der Waals surface area (Å²) in [5, 5.41) is 53.9. The summed E-state index contributed by atoms with van der Waals surface area (Å²) < 4.78 is 0. The number of thiocarbonyl (C=S) groups is 1. The van der Waals surface area contributed by atoms with Crippen LogP contribution in [0.4, 0.5) is 5.69 Å². The second kappa shape index (κ2) is 27.7. The molecule has 0 fully saturated rings. The minimum atomic E-state index is -0.560. The Bertz CT molecular complexity index is 1280. The van der Waals surface area contributed by atoms with Crippen LogP contribution in [0.25, 0.3) is 0 Å². The molecule has 1 aromatic carbocycles. The Morgan fingerprint density at radius 3 is 1.53 bits per heavy atom. The first kappa shape index (κ1) is 45.0. The Kier molecular flexibility index (Phi) is 24.4. The summed E-state index contributed by atoms with van der Waals surface area (Å²) in [6.07, 6.45) is 5.45. The number of thioether (sulfide) groups is 1. The number of rotatable bonds is 26. The highest BCUT2D eigenvalue weighted by Crippen LogP contribution is 2.19. The maximum atomic E-state index is 12.2. The molecule has 16 nitrogen and oxygen atoms in total. The molecule has 0 aromatic heterocycles. The normalized spacial score (nSPS) is 10.4. The van der Waals surface area contributed by atoms with Gasteiger partial charge in [-0.3, -0.25) is 39.6 Å². The molecule has 7 N–H and O–H groups in total. The van der Waals surface area contributed by atoms with E-state index in [-0.39, 0.29) is 57.1 Å². The Balaban J connectivity index is 2.01. The molecule has 0 unspecified atom stereocenters. The van der Waals surface area contributed by atoms with Crippen molar-refractivity contribution in [2.75, 3.05) is 44.6 Å². The number of hydroxylamine groups is 6. The van der Waals surface area contributed by atoms with Crippen molar-refractivity contribution in [3.8, 4) is 5.40 Å². The predicted molar refractivity (Wildman–Crippen MR) is 194 cm³/mol. The molecule has 0 radical (unpaired) electrons. The van der Waals surface area contributed by atoms with Gasteiger partial charge in [0.05, 0.1) is 0 Å². The summed E-state index contributed by atoms with van der Waals surface area (Å²) >= 11 is 6.36. The highest BCUT2D eigenvalue weighted by Gasteiger charge is 2.14. The lowest BCUT2D eigenvalue weighted by atomic mass is 10.2. The minimum absolute atomic E-state index is 0.0533. The van der Waals surface area contributed by atoms with Gasteiger partial charge in [-0.15, -0.1) is 0 Å². The highest BCUT2D eigenvalue weighted by atomic mass is 32.2. The van der Waals surface area contributed by atoms with E-state index in [4.69, 9.17) is 17.5 Å². The van der Waals surface area contributed by atoms with Crippen LogP contribution in [0.15, 0.2) is 29.2 Å². The first-order valence-electron chi connectivity index (χ1n) is 17.1.